The average Bonchev–Trinajstić information content (AvgIpc) is 3.66. The number of amides is 1. The van der Waals surface area contributed by atoms with Crippen LogP contribution in [0.5, 0.6) is 11.5 Å². The van der Waals surface area contributed by atoms with Crippen LogP contribution in [0.15, 0.2) is 102 Å². The average molecular weight is 860 g/mol. The van der Waals surface area contributed by atoms with Crippen LogP contribution in [0.4, 0.5) is 4.79 Å². The van der Waals surface area contributed by atoms with Crippen LogP contribution < -0.4 is 14.8 Å². The molecule has 2 N–H and O–H groups in total. The summed E-state index contributed by atoms with van der Waals surface area (Å²) in [5.74, 6) is 6.02. The molecule has 0 radical (unpaired) electrons. The van der Waals surface area contributed by atoms with E-state index in [-0.39, 0.29) is 18.1 Å². The van der Waals surface area contributed by atoms with Crippen LogP contribution in [-0.2, 0) is 15.1 Å². The number of aliphatic hydroxyl groups is 1. The molecular formula is C56H77NO6. The zero-order valence-electron chi connectivity index (χ0n) is 39.7. The van der Waals surface area contributed by atoms with Crippen LogP contribution >= 0.6 is 0 Å². The third kappa shape index (κ3) is 9.81. The molecule has 7 rings (SSSR count). The Balaban J connectivity index is 0.914. The molecule has 3 fully saturated rings. The van der Waals surface area contributed by atoms with Gasteiger partial charge in [0.05, 0.1) is 26.9 Å². The van der Waals surface area contributed by atoms with Crippen molar-refractivity contribution in [2.45, 2.75) is 136 Å². The molecule has 0 spiro atoms. The Morgan fingerprint density at radius 1 is 0.857 bits per heavy atom. The summed E-state index contributed by atoms with van der Waals surface area (Å²) < 4.78 is 24.0. The summed E-state index contributed by atoms with van der Waals surface area (Å²) in [5, 5.41) is 14.1. The summed E-state index contributed by atoms with van der Waals surface area (Å²) in [6.07, 6.45) is 16.6. The number of ether oxygens (including phenoxy) is 4. The lowest BCUT2D eigenvalue weighted by Gasteiger charge is -2.58. The van der Waals surface area contributed by atoms with Gasteiger partial charge in [-0.2, -0.15) is 0 Å². The second-order valence-electron chi connectivity index (χ2n) is 20.3. The Kier molecular flexibility index (Phi) is 15.2. The lowest BCUT2D eigenvalue weighted by Crippen LogP contribution is -2.50. The maximum Gasteiger partial charge on any atom is 0.407 e. The molecule has 4 aliphatic rings. The van der Waals surface area contributed by atoms with Gasteiger partial charge in [0.1, 0.15) is 23.2 Å². The molecule has 7 unspecified atom stereocenters. The van der Waals surface area contributed by atoms with Crippen LogP contribution in [0.1, 0.15) is 135 Å². The molecule has 3 aromatic rings. The molecule has 0 aromatic heterocycles. The number of alkyl carbamates (subject to hydrolysis) is 1. The molecule has 63 heavy (non-hydrogen) atoms. The molecule has 9 atom stereocenters. The van der Waals surface area contributed by atoms with Crippen LogP contribution in [0.3, 0.4) is 0 Å². The molecule has 0 saturated heterocycles. The van der Waals surface area contributed by atoms with E-state index >= 15 is 0 Å². The predicted octanol–water partition coefficient (Wildman–Crippen LogP) is 12.8. The monoisotopic (exact) mass is 860 g/mol. The van der Waals surface area contributed by atoms with E-state index in [1.54, 1.807) is 19.8 Å². The van der Waals surface area contributed by atoms with Crippen LogP contribution in [-0.4, -0.2) is 50.8 Å². The predicted molar refractivity (Wildman–Crippen MR) is 254 cm³/mol. The van der Waals surface area contributed by atoms with Gasteiger partial charge in [-0.15, -0.1) is 0 Å². The number of carbonyl (C=O) groups excluding carboxylic acids is 1. The highest BCUT2D eigenvalue weighted by atomic mass is 16.6. The van der Waals surface area contributed by atoms with Gasteiger partial charge in [-0.05, 0) is 158 Å². The van der Waals surface area contributed by atoms with E-state index in [4.69, 9.17) is 18.9 Å². The number of aliphatic hydroxyl groups excluding tert-OH is 1. The number of benzene rings is 3. The maximum atomic E-state index is 13.2. The van der Waals surface area contributed by atoms with Crippen molar-refractivity contribution in [1.82, 2.24) is 5.32 Å². The number of allylic oxidation sites excluding steroid dienone is 3. The van der Waals surface area contributed by atoms with Gasteiger partial charge in [-0.1, -0.05) is 119 Å². The molecule has 342 valence electrons. The van der Waals surface area contributed by atoms with Gasteiger partial charge in [-0.3, -0.25) is 0 Å². The molecule has 3 aromatic carbocycles. The SMILES string of the molecule is CCC(C/C=C(\C)[C@@H]1CCC2C3CC=C4C[C@H](OC(=O)NCCC(O)CCOC(c5ccccc5)(c5ccc(OC)cc5)c5ccc(OC)cc5)CCC4(C)C3CCC21C)C(C)C. The minimum absolute atomic E-state index is 0.114. The Bertz CT molecular complexity index is 1960. The van der Waals surface area contributed by atoms with E-state index in [0.717, 1.165) is 83.0 Å². The fourth-order valence-electron chi connectivity index (χ4n) is 13.0. The molecular weight excluding hydrogens is 783 g/mol. The van der Waals surface area contributed by atoms with Crippen molar-refractivity contribution in [2.75, 3.05) is 27.4 Å². The number of fused-ring (bicyclic) bond motifs is 5. The Labute approximate surface area is 379 Å². The lowest BCUT2D eigenvalue weighted by atomic mass is 9.47. The summed E-state index contributed by atoms with van der Waals surface area (Å²) in [6.45, 7) is 15.3. The summed E-state index contributed by atoms with van der Waals surface area (Å²) in [4.78, 5) is 13.2. The van der Waals surface area contributed by atoms with Gasteiger partial charge in [0.15, 0.2) is 0 Å². The lowest BCUT2D eigenvalue weighted by molar-refractivity contribution is -0.0467. The molecule has 0 heterocycles. The fourth-order valence-corrected chi connectivity index (χ4v) is 13.0. The van der Waals surface area contributed by atoms with Gasteiger partial charge in [0.2, 0.25) is 0 Å². The summed E-state index contributed by atoms with van der Waals surface area (Å²) >= 11 is 0. The van der Waals surface area contributed by atoms with Crippen LogP contribution in [0.25, 0.3) is 0 Å². The molecule has 1 amide bonds. The highest BCUT2D eigenvalue weighted by Gasteiger charge is 2.59. The number of nitrogens with one attached hydrogen (secondary N) is 1. The molecule has 7 heteroatoms. The van der Waals surface area contributed by atoms with Crippen LogP contribution in [0, 0.1) is 46.3 Å². The summed E-state index contributed by atoms with van der Waals surface area (Å²) in [6, 6.07) is 26.0. The van der Waals surface area contributed by atoms with Crippen LogP contribution in [0.2, 0.25) is 0 Å². The van der Waals surface area contributed by atoms with Crippen molar-refractivity contribution in [3.05, 3.63) is 119 Å². The summed E-state index contributed by atoms with van der Waals surface area (Å²) in [7, 11) is 3.32. The van der Waals surface area contributed by atoms with Crippen molar-refractivity contribution in [1.29, 1.82) is 0 Å². The number of rotatable bonds is 18. The van der Waals surface area contributed by atoms with Gasteiger partial charge in [0.25, 0.3) is 0 Å². The van der Waals surface area contributed by atoms with E-state index in [1.807, 2.05) is 66.7 Å². The first kappa shape index (κ1) is 46.9. The maximum absolute atomic E-state index is 13.2. The number of hydrogen-bond donors (Lipinski definition) is 2. The second-order valence-corrected chi connectivity index (χ2v) is 20.3. The zero-order valence-corrected chi connectivity index (χ0v) is 39.7. The standard InChI is InChI=1S/C56H77NO6/c1-9-40(38(2)3)16-15-39(4)50-27-28-51-49-26-21-44-37-48(29-33-54(44,5)52(49)30-34-55(50,51)6)63-53(59)57-35-31-45(58)32-36-62-56(41-13-11-10-12-14-41,42-17-22-46(60-7)23-18-42)43-19-24-47(61-8)25-20-43/h10-15,17-25,38,40,45,48-52,58H,9,16,26-37H2,1-8H3,(H,57,59)/b39-15+/t40?,45?,48-,49?,50+,51?,52?,54?,55?/m1/s1. The molecule has 7 nitrogen and oxygen atoms in total. The Morgan fingerprint density at radius 2 is 1.51 bits per heavy atom. The summed E-state index contributed by atoms with van der Waals surface area (Å²) in [5.41, 5.74) is 5.68. The quantitative estimate of drug-likeness (QED) is 0.0979. The van der Waals surface area contributed by atoms with E-state index in [9.17, 15) is 9.90 Å². The fraction of sp³-hybridized carbons (Fsp3) is 0.589. The van der Waals surface area contributed by atoms with E-state index in [1.165, 1.54) is 50.5 Å². The van der Waals surface area contributed by atoms with Gasteiger partial charge >= 0.3 is 6.09 Å². The minimum Gasteiger partial charge on any atom is -0.497 e. The number of carbonyl (C=O) groups is 1. The first-order valence-electron chi connectivity index (χ1n) is 24.3. The first-order valence-corrected chi connectivity index (χ1v) is 24.3. The highest BCUT2D eigenvalue weighted by molar-refractivity contribution is 5.67. The second kappa shape index (κ2) is 20.4. The number of methoxy groups -OCH3 is 2. The van der Waals surface area contributed by atoms with E-state index < -0.39 is 17.8 Å². The van der Waals surface area contributed by atoms with Crippen molar-refractivity contribution in [2.24, 2.45) is 46.3 Å². The smallest absolute Gasteiger partial charge is 0.407 e. The minimum atomic E-state index is -0.953. The van der Waals surface area contributed by atoms with Gasteiger partial charge in [0, 0.05) is 13.0 Å². The highest BCUT2D eigenvalue weighted by Crippen LogP contribution is 2.67. The molecule has 0 aliphatic heterocycles. The molecule has 0 bridgehead atoms. The van der Waals surface area contributed by atoms with Gasteiger partial charge < -0.3 is 29.4 Å². The molecule has 4 aliphatic carbocycles. The third-order valence-corrected chi connectivity index (χ3v) is 16.8. The number of hydrogen-bond acceptors (Lipinski definition) is 6. The van der Waals surface area contributed by atoms with E-state index in [2.05, 4.69) is 71.1 Å². The van der Waals surface area contributed by atoms with Crippen molar-refractivity contribution in [3.63, 3.8) is 0 Å². The third-order valence-electron chi connectivity index (χ3n) is 16.8. The van der Waals surface area contributed by atoms with Gasteiger partial charge in [-0.25, -0.2) is 4.79 Å². The normalized spacial score (nSPS) is 27.9. The zero-order chi connectivity index (χ0) is 44.8. The van der Waals surface area contributed by atoms with Crippen molar-refractivity contribution >= 4 is 6.09 Å². The largest absolute Gasteiger partial charge is 0.497 e. The van der Waals surface area contributed by atoms with E-state index in [0.29, 0.717) is 24.8 Å². The van der Waals surface area contributed by atoms with Crippen molar-refractivity contribution < 1.29 is 28.8 Å². The molecule has 3 saturated carbocycles. The topological polar surface area (TPSA) is 86.3 Å². The van der Waals surface area contributed by atoms with Crippen molar-refractivity contribution in [3.8, 4) is 11.5 Å². The Hall–Kier alpha value is -4.07. The Morgan fingerprint density at radius 3 is 2.13 bits per heavy atom. The first-order chi connectivity index (χ1) is 30.4.